The molecule has 0 bridgehead atoms. The van der Waals surface area contributed by atoms with Gasteiger partial charge in [0.1, 0.15) is 4.99 Å². The Morgan fingerprint density at radius 1 is 1.55 bits per heavy atom. The van der Waals surface area contributed by atoms with Gasteiger partial charge in [-0.1, -0.05) is 24.4 Å². The van der Waals surface area contributed by atoms with Gasteiger partial charge in [-0.2, -0.15) is 0 Å². The zero-order chi connectivity index (χ0) is 15.1. The smallest absolute Gasteiger partial charge is 0.239 e. The van der Waals surface area contributed by atoms with Gasteiger partial charge in [0.25, 0.3) is 0 Å². The number of ether oxygens (including phenoxy) is 1. The molecule has 1 atom stereocenters. The Hall–Kier alpha value is -1.66. The average Bonchev–Trinajstić information content (AvgIpc) is 2.38. The van der Waals surface area contributed by atoms with Gasteiger partial charge in [0, 0.05) is 31.5 Å². The molecule has 5 nitrogen and oxygen atoms in total. The minimum atomic E-state index is -0.0576. The summed E-state index contributed by atoms with van der Waals surface area (Å²) in [4.78, 5) is 14.1. The van der Waals surface area contributed by atoms with Crippen LogP contribution in [0.15, 0.2) is 24.3 Å². The summed E-state index contributed by atoms with van der Waals surface area (Å²) in [5.41, 5.74) is 7.29. The number of nitrogens with one attached hydrogen (secondary N) is 1. The number of methoxy groups -OCH3 is 1. The van der Waals surface area contributed by atoms with E-state index in [9.17, 15) is 4.79 Å². The lowest BCUT2D eigenvalue weighted by Gasteiger charge is -2.21. The first kappa shape index (κ1) is 16.4. The Morgan fingerprint density at radius 3 is 2.85 bits per heavy atom. The molecule has 0 spiro atoms. The monoisotopic (exact) mass is 295 g/mol. The molecule has 0 aliphatic heterocycles. The van der Waals surface area contributed by atoms with E-state index in [0.717, 1.165) is 11.3 Å². The van der Waals surface area contributed by atoms with Gasteiger partial charge in [0.2, 0.25) is 5.91 Å². The highest BCUT2D eigenvalue weighted by Crippen LogP contribution is 2.14. The zero-order valence-electron chi connectivity index (χ0n) is 12.1. The van der Waals surface area contributed by atoms with Crippen LogP contribution in [0.2, 0.25) is 0 Å². The molecule has 0 saturated carbocycles. The largest absolute Gasteiger partial charge is 0.389 e. The molecule has 1 aromatic carbocycles. The summed E-state index contributed by atoms with van der Waals surface area (Å²) in [6.45, 7) is 2.65. The fraction of sp³-hybridized carbons (Fsp3) is 0.429. The number of nitrogens with two attached hydrogens (primary N) is 1. The lowest BCUT2D eigenvalue weighted by atomic mass is 10.2. The molecule has 0 heterocycles. The van der Waals surface area contributed by atoms with Crippen molar-refractivity contribution < 1.29 is 9.53 Å². The number of hydrogen-bond acceptors (Lipinski definition) is 4. The highest BCUT2D eigenvalue weighted by Gasteiger charge is 2.11. The number of hydrogen-bond donors (Lipinski definition) is 2. The van der Waals surface area contributed by atoms with Crippen molar-refractivity contribution in [3.8, 4) is 0 Å². The van der Waals surface area contributed by atoms with Crippen molar-refractivity contribution >= 4 is 28.8 Å². The van der Waals surface area contributed by atoms with Crippen LogP contribution in [-0.4, -0.2) is 44.2 Å². The third-order valence-electron chi connectivity index (χ3n) is 2.78. The Labute approximate surface area is 125 Å². The van der Waals surface area contributed by atoms with Crippen molar-refractivity contribution in [1.29, 1.82) is 0 Å². The van der Waals surface area contributed by atoms with Crippen molar-refractivity contribution in [3.05, 3.63) is 29.8 Å². The highest BCUT2D eigenvalue weighted by molar-refractivity contribution is 7.80. The number of carbonyl (C=O) groups excluding carboxylic acids is 1. The summed E-state index contributed by atoms with van der Waals surface area (Å²) >= 11 is 4.95. The molecule has 3 N–H and O–H groups in total. The second-order valence-electron chi connectivity index (χ2n) is 4.69. The molecule has 0 aliphatic rings. The second kappa shape index (κ2) is 7.81. The van der Waals surface area contributed by atoms with E-state index in [1.807, 2.05) is 43.1 Å². The van der Waals surface area contributed by atoms with E-state index in [-0.39, 0.29) is 18.5 Å². The molecule has 110 valence electrons. The predicted octanol–water partition coefficient (Wildman–Crippen LogP) is 0.908. The van der Waals surface area contributed by atoms with Gasteiger partial charge < -0.3 is 20.7 Å². The Bertz CT molecular complexity index is 479. The van der Waals surface area contributed by atoms with Crippen LogP contribution >= 0.6 is 12.2 Å². The molecule has 1 unspecified atom stereocenters. The standard InChI is InChI=1S/C14H21N3O2S/c1-10(9-19-3)16-13(18)8-17(2)12-6-4-5-11(7-12)14(15)20/h4-7,10H,8-9H2,1-3H3,(H2,15,20)(H,16,18). The number of anilines is 1. The molecule has 0 saturated heterocycles. The van der Waals surface area contributed by atoms with Gasteiger partial charge in [0.15, 0.2) is 0 Å². The van der Waals surface area contributed by atoms with Crippen LogP contribution in [0, 0.1) is 0 Å². The Balaban J connectivity index is 2.62. The van der Waals surface area contributed by atoms with E-state index in [2.05, 4.69) is 5.32 Å². The van der Waals surface area contributed by atoms with E-state index in [4.69, 9.17) is 22.7 Å². The number of amides is 1. The molecule has 0 fully saturated rings. The fourth-order valence-corrected chi connectivity index (χ4v) is 1.94. The van der Waals surface area contributed by atoms with E-state index in [1.165, 1.54) is 0 Å². The van der Waals surface area contributed by atoms with Gasteiger partial charge in [-0.25, -0.2) is 0 Å². The van der Waals surface area contributed by atoms with Crippen molar-refractivity contribution in [1.82, 2.24) is 5.32 Å². The number of thiocarbonyl (C=S) groups is 1. The maximum atomic E-state index is 11.9. The van der Waals surface area contributed by atoms with E-state index in [0.29, 0.717) is 11.6 Å². The summed E-state index contributed by atoms with van der Waals surface area (Å²) in [5.74, 6) is -0.0576. The molecule has 20 heavy (non-hydrogen) atoms. The molecular formula is C14H21N3O2S. The van der Waals surface area contributed by atoms with Gasteiger partial charge >= 0.3 is 0 Å². The highest BCUT2D eigenvalue weighted by atomic mass is 32.1. The van der Waals surface area contributed by atoms with E-state index in [1.54, 1.807) is 7.11 Å². The van der Waals surface area contributed by atoms with E-state index >= 15 is 0 Å². The lowest BCUT2D eigenvalue weighted by molar-refractivity contribution is -0.120. The Kier molecular flexibility index (Phi) is 6.41. The van der Waals surface area contributed by atoms with Crippen LogP contribution in [0.4, 0.5) is 5.69 Å². The van der Waals surface area contributed by atoms with Crippen molar-refractivity contribution in [2.24, 2.45) is 5.73 Å². The molecular weight excluding hydrogens is 274 g/mol. The summed E-state index contributed by atoms with van der Waals surface area (Å²) in [6, 6.07) is 7.48. The third-order valence-corrected chi connectivity index (χ3v) is 3.01. The molecule has 1 amide bonds. The van der Waals surface area contributed by atoms with Crippen LogP contribution in [0.5, 0.6) is 0 Å². The molecule has 0 radical (unpaired) electrons. The van der Waals surface area contributed by atoms with Gasteiger partial charge in [-0.15, -0.1) is 0 Å². The van der Waals surface area contributed by atoms with Crippen LogP contribution in [0.3, 0.4) is 0 Å². The number of rotatable bonds is 7. The van der Waals surface area contributed by atoms with Gasteiger partial charge in [-0.3, -0.25) is 4.79 Å². The number of likely N-dealkylation sites (N-methyl/N-ethyl adjacent to an activating group) is 1. The SMILES string of the molecule is COCC(C)NC(=O)CN(C)c1cccc(C(N)=S)c1. The number of nitrogens with zero attached hydrogens (tertiary/aromatic N) is 1. The second-order valence-corrected chi connectivity index (χ2v) is 5.13. The van der Waals surface area contributed by atoms with Gasteiger partial charge in [-0.05, 0) is 19.1 Å². The molecule has 0 aliphatic carbocycles. The topological polar surface area (TPSA) is 67.6 Å². The van der Waals surface area contributed by atoms with Crippen molar-refractivity contribution in [2.45, 2.75) is 13.0 Å². The lowest BCUT2D eigenvalue weighted by Crippen LogP contribution is -2.41. The number of benzene rings is 1. The van der Waals surface area contributed by atoms with Crippen LogP contribution in [-0.2, 0) is 9.53 Å². The summed E-state index contributed by atoms with van der Waals surface area (Å²) < 4.78 is 4.98. The summed E-state index contributed by atoms with van der Waals surface area (Å²) in [6.07, 6.45) is 0. The summed E-state index contributed by atoms with van der Waals surface area (Å²) in [7, 11) is 3.45. The number of carbonyl (C=O) groups is 1. The maximum Gasteiger partial charge on any atom is 0.239 e. The van der Waals surface area contributed by atoms with Gasteiger partial charge in [0.05, 0.1) is 13.2 Å². The quantitative estimate of drug-likeness (QED) is 0.732. The first-order valence-corrected chi connectivity index (χ1v) is 6.74. The Morgan fingerprint density at radius 2 is 2.25 bits per heavy atom. The zero-order valence-corrected chi connectivity index (χ0v) is 12.9. The average molecular weight is 295 g/mol. The first-order chi connectivity index (χ1) is 9.43. The fourth-order valence-electron chi connectivity index (χ4n) is 1.82. The normalized spacial score (nSPS) is 11.8. The minimum absolute atomic E-state index is 0.0103. The van der Waals surface area contributed by atoms with Crippen molar-refractivity contribution in [3.63, 3.8) is 0 Å². The molecule has 1 rings (SSSR count). The predicted molar refractivity (Wildman–Crippen MR) is 85.1 cm³/mol. The summed E-state index contributed by atoms with van der Waals surface area (Å²) in [5, 5.41) is 2.86. The van der Waals surface area contributed by atoms with Crippen LogP contribution < -0.4 is 16.0 Å². The molecule has 1 aromatic rings. The van der Waals surface area contributed by atoms with Crippen molar-refractivity contribution in [2.75, 3.05) is 32.2 Å². The maximum absolute atomic E-state index is 11.9. The minimum Gasteiger partial charge on any atom is -0.389 e. The van der Waals surface area contributed by atoms with Crippen LogP contribution in [0.25, 0.3) is 0 Å². The van der Waals surface area contributed by atoms with Crippen LogP contribution in [0.1, 0.15) is 12.5 Å². The first-order valence-electron chi connectivity index (χ1n) is 6.33. The van der Waals surface area contributed by atoms with E-state index < -0.39 is 0 Å². The third kappa shape index (κ3) is 5.14. The molecule has 0 aromatic heterocycles. The molecule has 6 heteroatoms.